The largest absolute Gasteiger partial charge is 0.378 e. The number of hydrogen-bond donors (Lipinski definition) is 2. The van der Waals surface area contributed by atoms with E-state index in [1.165, 1.54) is 36.1 Å². The van der Waals surface area contributed by atoms with Crippen molar-refractivity contribution < 1.29 is 4.79 Å². The zero-order valence-corrected chi connectivity index (χ0v) is 16.9. The molecule has 0 spiro atoms. The van der Waals surface area contributed by atoms with E-state index in [1.54, 1.807) is 0 Å². The number of carbonyl (C=O) groups excluding carboxylic acids is 1. The summed E-state index contributed by atoms with van der Waals surface area (Å²) in [6.45, 7) is 0. The Balaban J connectivity index is 1.36. The molecule has 3 heteroatoms. The summed E-state index contributed by atoms with van der Waals surface area (Å²) in [5, 5.41) is 6.89. The van der Waals surface area contributed by atoms with Crippen LogP contribution in [0.15, 0.2) is 78.9 Å². The number of carbonyl (C=O) groups is 1. The molecule has 2 N–H and O–H groups in total. The van der Waals surface area contributed by atoms with Crippen LogP contribution in [0.1, 0.15) is 52.7 Å². The van der Waals surface area contributed by atoms with Gasteiger partial charge in [-0.1, -0.05) is 48.5 Å². The molecule has 150 valence electrons. The van der Waals surface area contributed by atoms with Crippen LogP contribution in [0.25, 0.3) is 0 Å². The summed E-state index contributed by atoms with van der Waals surface area (Å²) in [4.78, 5) is 12.9. The smallest absolute Gasteiger partial charge is 0.255 e. The highest BCUT2D eigenvalue weighted by Gasteiger charge is 2.53. The fourth-order valence-electron chi connectivity index (χ4n) is 6.34. The Morgan fingerprint density at radius 1 is 0.867 bits per heavy atom. The molecule has 2 fully saturated rings. The number of rotatable bonds is 3. The molecule has 0 aromatic heterocycles. The Hall–Kier alpha value is -3.07. The van der Waals surface area contributed by atoms with Crippen molar-refractivity contribution in [3.8, 4) is 0 Å². The monoisotopic (exact) mass is 394 g/mol. The van der Waals surface area contributed by atoms with Crippen LogP contribution in [0, 0.1) is 17.8 Å². The molecular formula is C27H26N2O. The lowest BCUT2D eigenvalue weighted by Crippen LogP contribution is -2.35. The lowest BCUT2D eigenvalue weighted by atomic mass is 9.68. The van der Waals surface area contributed by atoms with Crippen LogP contribution < -0.4 is 10.6 Å². The van der Waals surface area contributed by atoms with Crippen molar-refractivity contribution in [2.75, 3.05) is 10.6 Å². The third-order valence-electron chi connectivity index (χ3n) is 7.54. The van der Waals surface area contributed by atoms with Gasteiger partial charge < -0.3 is 10.6 Å². The van der Waals surface area contributed by atoms with Crippen molar-refractivity contribution in [3.05, 3.63) is 95.6 Å². The van der Waals surface area contributed by atoms with Crippen LogP contribution in [0.3, 0.4) is 0 Å². The minimum Gasteiger partial charge on any atom is -0.378 e. The molecule has 0 radical (unpaired) electrons. The summed E-state index contributed by atoms with van der Waals surface area (Å²) < 4.78 is 0. The second-order valence-corrected chi connectivity index (χ2v) is 9.09. The molecule has 2 saturated carbocycles. The molecule has 2 bridgehead atoms. The van der Waals surface area contributed by atoms with E-state index in [0.717, 1.165) is 23.1 Å². The van der Waals surface area contributed by atoms with E-state index >= 15 is 0 Å². The Morgan fingerprint density at radius 2 is 1.60 bits per heavy atom. The van der Waals surface area contributed by atoms with Crippen molar-refractivity contribution in [3.63, 3.8) is 0 Å². The molecule has 2 aliphatic carbocycles. The van der Waals surface area contributed by atoms with Gasteiger partial charge in [0.05, 0.1) is 6.04 Å². The van der Waals surface area contributed by atoms with E-state index in [4.69, 9.17) is 0 Å². The molecule has 0 unspecified atom stereocenters. The van der Waals surface area contributed by atoms with Gasteiger partial charge in [0.25, 0.3) is 5.91 Å². The fourth-order valence-corrected chi connectivity index (χ4v) is 6.34. The zero-order valence-electron chi connectivity index (χ0n) is 16.9. The van der Waals surface area contributed by atoms with Crippen molar-refractivity contribution in [2.24, 2.45) is 17.8 Å². The molecule has 3 aliphatic rings. The van der Waals surface area contributed by atoms with E-state index in [9.17, 15) is 4.79 Å². The number of para-hydroxylation sites is 1. The minimum atomic E-state index is -0.0334. The Morgan fingerprint density at radius 3 is 2.40 bits per heavy atom. The standard InChI is InChI=1S/C27H26N2O/c30-27(28-21-9-5-2-6-10-21)20-13-14-23-22(16-20)24-18-11-12-19(15-18)25(24)26(29-23)17-7-3-1-4-8-17/h1-10,13-14,16,18-19,24-26,29H,11-12,15H2,(H,28,30)/t18-,19-,24-,25-,26+/m0/s1. The lowest BCUT2D eigenvalue weighted by Gasteiger charge is -2.43. The number of fused-ring (bicyclic) bond motifs is 7. The summed E-state index contributed by atoms with van der Waals surface area (Å²) in [6.07, 6.45) is 4.01. The maximum atomic E-state index is 12.9. The Bertz CT molecular complexity index is 1080. The van der Waals surface area contributed by atoms with Crippen LogP contribution in [0.5, 0.6) is 0 Å². The molecule has 3 aromatic carbocycles. The van der Waals surface area contributed by atoms with Crippen molar-refractivity contribution >= 4 is 17.3 Å². The molecule has 6 rings (SSSR count). The van der Waals surface area contributed by atoms with Crippen molar-refractivity contribution in [1.29, 1.82) is 0 Å². The minimum absolute atomic E-state index is 0.0334. The fraction of sp³-hybridized carbons (Fsp3) is 0.296. The van der Waals surface area contributed by atoms with Gasteiger partial charge in [-0.3, -0.25) is 4.79 Å². The SMILES string of the molecule is O=C(Nc1ccccc1)c1ccc2c(c1)[C@@H]1[C@H]3CC[C@@H](C3)[C@@H]1[C@@H](c1ccccc1)N2. The summed E-state index contributed by atoms with van der Waals surface area (Å²) in [5.74, 6) is 2.67. The molecule has 1 amide bonds. The maximum absolute atomic E-state index is 12.9. The molecule has 3 nitrogen and oxygen atoms in total. The summed E-state index contributed by atoms with van der Waals surface area (Å²) in [6, 6.07) is 27.2. The van der Waals surface area contributed by atoms with Gasteiger partial charge >= 0.3 is 0 Å². The Kier molecular flexibility index (Phi) is 4.15. The van der Waals surface area contributed by atoms with Crippen LogP contribution >= 0.6 is 0 Å². The molecule has 0 saturated heterocycles. The highest BCUT2D eigenvalue weighted by Crippen LogP contribution is 2.63. The predicted molar refractivity (Wildman–Crippen MR) is 121 cm³/mol. The number of benzene rings is 3. The first-order chi connectivity index (χ1) is 14.8. The summed E-state index contributed by atoms with van der Waals surface area (Å²) >= 11 is 0. The molecule has 1 heterocycles. The van der Waals surface area contributed by atoms with Crippen LogP contribution in [-0.2, 0) is 0 Å². The zero-order chi connectivity index (χ0) is 20.1. The third-order valence-corrected chi connectivity index (χ3v) is 7.54. The molecule has 5 atom stereocenters. The second-order valence-electron chi connectivity index (χ2n) is 9.09. The molecule has 1 aliphatic heterocycles. The predicted octanol–water partition coefficient (Wildman–Crippen LogP) is 6.24. The first kappa shape index (κ1) is 17.8. The average Bonchev–Trinajstić information content (AvgIpc) is 3.42. The third kappa shape index (κ3) is 2.84. The normalized spacial score (nSPS) is 28.3. The highest BCUT2D eigenvalue weighted by molar-refractivity contribution is 6.04. The number of nitrogens with one attached hydrogen (secondary N) is 2. The van der Waals surface area contributed by atoms with Gasteiger partial charge in [-0.25, -0.2) is 0 Å². The quantitative estimate of drug-likeness (QED) is 0.552. The molecular weight excluding hydrogens is 368 g/mol. The van der Waals surface area contributed by atoms with E-state index in [1.807, 2.05) is 36.4 Å². The van der Waals surface area contributed by atoms with Gasteiger partial charge in [0, 0.05) is 16.9 Å². The second kappa shape index (κ2) is 7.02. The average molecular weight is 395 g/mol. The summed E-state index contributed by atoms with van der Waals surface area (Å²) in [5.41, 5.74) is 5.52. The maximum Gasteiger partial charge on any atom is 0.255 e. The van der Waals surface area contributed by atoms with Crippen molar-refractivity contribution in [2.45, 2.75) is 31.2 Å². The van der Waals surface area contributed by atoms with Gasteiger partial charge in [0.1, 0.15) is 0 Å². The molecule has 30 heavy (non-hydrogen) atoms. The topological polar surface area (TPSA) is 41.1 Å². The lowest BCUT2D eigenvalue weighted by molar-refractivity contribution is 0.102. The van der Waals surface area contributed by atoms with Gasteiger partial charge in [-0.05, 0) is 84.4 Å². The van der Waals surface area contributed by atoms with Gasteiger partial charge in [0.2, 0.25) is 0 Å². The van der Waals surface area contributed by atoms with Crippen LogP contribution in [0.4, 0.5) is 11.4 Å². The first-order valence-corrected chi connectivity index (χ1v) is 11.1. The van der Waals surface area contributed by atoms with Crippen LogP contribution in [0.2, 0.25) is 0 Å². The van der Waals surface area contributed by atoms with Gasteiger partial charge in [-0.2, -0.15) is 0 Å². The van der Waals surface area contributed by atoms with E-state index in [0.29, 0.717) is 17.9 Å². The number of anilines is 2. The van der Waals surface area contributed by atoms with Gasteiger partial charge in [-0.15, -0.1) is 0 Å². The van der Waals surface area contributed by atoms with Crippen LogP contribution in [-0.4, -0.2) is 5.91 Å². The van der Waals surface area contributed by atoms with E-state index in [-0.39, 0.29) is 5.91 Å². The Labute approximate surface area is 177 Å². The van der Waals surface area contributed by atoms with Crippen molar-refractivity contribution in [1.82, 2.24) is 0 Å². The first-order valence-electron chi connectivity index (χ1n) is 11.1. The van der Waals surface area contributed by atoms with E-state index < -0.39 is 0 Å². The summed E-state index contributed by atoms with van der Waals surface area (Å²) in [7, 11) is 0. The van der Waals surface area contributed by atoms with E-state index in [2.05, 4.69) is 53.1 Å². The molecule has 3 aromatic rings. The van der Waals surface area contributed by atoms with Gasteiger partial charge in [0.15, 0.2) is 0 Å². The number of amides is 1. The number of hydrogen-bond acceptors (Lipinski definition) is 2. The highest BCUT2D eigenvalue weighted by atomic mass is 16.1.